The standard InChI is InChI=1S/C40H56O4/c1-29(17-13-19-31(3)21-23-39-35(5,6)25-33(41)27-37(39,9)43-39)15-11-12-16-30(2)18-14-20-32(4)22-24-40-36(7,8)26-34(42)28-38(40,10)44-40/h11-24,33-34,41-42H,25-28H2,1-10H3/t33-,34-,37+,38+,39-,40-/m0/s1. The Labute approximate surface area is 267 Å². The monoisotopic (exact) mass is 600 g/mol. The van der Waals surface area contributed by atoms with Crippen LogP contribution in [0.3, 0.4) is 0 Å². The number of rotatable bonds is 10. The first-order chi connectivity index (χ1) is 20.4. The average Bonchev–Trinajstić information content (AvgIpc) is 3.73. The van der Waals surface area contributed by atoms with Gasteiger partial charge >= 0.3 is 0 Å². The molecule has 4 rings (SSSR count). The summed E-state index contributed by atoms with van der Waals surface area (Å²) in [5, 5.41) is 20.5. The number of epoxide rings is 2. The summed E-state index contributed by atoms with van der Waals surface area (Å²) in [6, 6.07) is 0. The smallest absolute Gasteiger partial charge is 0.121 e. The van der Waals surface area contributed by atoms with E-state index in [1.165, 1.54) is 22.3 Å². The Balaban J connectivity index is 1.25. The first-order valence-electron chi connectivity index (χ1n) is 16.3. The maximum absolute atomic E-state index is 10.3. The first-order valence-corrected chi connectivity index (χ1v) is 16.3. The molecule has 0 bridgehead atoms. The largest absolute Gasteiger partial charge is 0.393 e. The summed E-state index contributed by atoms with van der Waals surface area (Å²) in [5.74, 6) is 0. The van der Waals surface area contributed by atoms with Crippen LogP contribution in [0.15, 0.2) is 107 Å². The third kappa shape index (κ3) is 6.84. The summed E-state index contributed by atoms with van der Waals surface area (Å²) in [6.07, 6.45) is 32.0. The Bertz CT molecular complexity index is 1270. The molecule has 4 heteroatoms. The molecular weight excluding hydrogens is 544 g/mol. The van der Waals surface area contributed by atoms with Crippen LogP contribution in [0.1, 0.15) is 94.9 Å². The summed E-state index contributed by atoms with van der Waals surface area (Å²) in [7, 11) is 0. The van der Waals surface area contributed by atoms with E-state index in [0.29, 0.717) is 12.8 Å². The van der Waals surface area contributed by atoms with E-state index in [0.717, 1.165) is 12.8 Å². The molecule has 4 fully saturated rings. The van der Waals surface area contributed by atoms with Gasteiger partial charge in [0.05, 0.1) is 12.2 Å². The predicted octanol–water partition coefficient (Wildman–Crippen LogP) is 8.97. The number of hydrogen-bond acceptors (Lipinski definition) is 4. The summed E-state index contributed by atoms with van der Waals surface area (Å²) in [5.41, 5.74) is 3.36. The van der Waals surface area contributed by atoms with E-state index < -0.39 is 0 Å². The highest BCUT2D eigenvalue weighted by atomic mass is 16.6. The molecule has 0 spiro atoms. The van der Waals surface area contributed by atoms with Crippen molar-refractivity contribution in [2.75, 3.05) is 0 Å². The normalized spacial score (nSPS) is 39.2. The molecule has 2 saturated heterocycles. The summed E-state index contributed by atoms with van der Waals surface area (Å²) in [4.78, 5) is 0. The SMILES string of the molecule is CC(C=CC=C(C)C=C[C@@]12O[C@]1(C)C[C@@H](O)CC2(C)C)=CC=CC=C(C)C=CC=C(C)C=C[C@@]12O[C@]1(C)C[C@@H](O)CC2(C)C. The number of aliphatic hydroxyl groups is 2. The van der Waals surface area contributed by atoms with Gasteiger partial charge in [0.1, 0.15) is 22.4 Å². The van der Waals surface area contributed by atoms with Crippen LogP contribution in [-0.2, 0) is 9.47 Å². The van der Waals surface area contributed by atoms with Gasteiger partial charge in [0.25, 0.3) is 0 Å². The molecule has 6 atom stereocenters. The minimum absolute atomic E-state index is 0.0969. The van der Waals surface area contributed by atoms with Crippen molar-refractivity contribution in [3.63, 3.8) is 0 Å². The van der Waals surface area contributed by atoms with Gasteiger partial charge in [-0.2, -0.15) is 0 Å². The quantitative estimate of drug-likeness (QED) is 0.194. The van der Waals surface area contributed by atoms with Gasteiger partial charge in [-0.25, -0.2) is 0 Å². The maximum Gasteiger partial charge on any atom is 0.121 e. The fraction of sp³-hybridized carbons (Fsp3) is 0.550. The highest BCUT2D eigenvalue weighted by molar-refractivity contribution is 5.38. The minimum Gasteiger partial charge on any atom is -0.393 e. The van der Waals surface area contributed by atoms with E-state index in [9.17, 15) is 10.2 Å². The third-order valence-corrected chi connectivity index (χ3v) is 10.4. The number of allylic oxidation sites excluding steroid dienone is 16. The Morgan fingerprint density at radius 2 is 0.818 bits per heavy atom. The van der Waals surface area contributed by atoms with Crippen LogP contribution in [-0.4, -0.2) is 44.8 Å². The van der Waals surface area contributed by atoms with Crippen molar-refractivity contribution in [3.8, 4) is 0 Å². The van der Waals surface area contributed by atoms with Crippen molar-refractivity contribution in [1.29, 1.82) is 0 Å². The number of ether oxygens (including phenoxy) is 2. The average molecular weight is 601 g/mol. The molecule has 0 radical (unpaired) electrons. The number of hydrogen-bond donors (Lipinski definition) is 2. The lowest BCUT2D eigenvalue weighted by atomic mass is 9.63. The molecular formula is C40H56O4. The van der Waals surface area contributed by atoms with Gasteiger partial charge in [-0.15, -0.1) is 0 Å². The van der Waals surface area contributed by atoms with E-state index in [-0.39, 0.29) is 45.4 Å². The van der Waals surface area contributed by atoms with Gasteiger partial charge < -0.3 is 19.7 Å². The first kappa shape index (κ1) is 34.4. The van der Waals surface area contributed by atoms with Gasteiger partial charge in [0.2, 0.25) is 0 Å². The molecule has 0 aromatic heterocycles. The van der Waals surface area contributed by atoms with Crippen LogP contribution in [0.4, 0.5) is 0 Å². The van der Waals surface area contributed by atoms with Crippen molar-refractivity contribution >= 4 is 0 Å². The molecule has 2 aliphatic carbocycles. The van der Waals surface area contributed by atoms with Crippen molar-refractivity contribution in [3.05, 3.63) is 107 Å². The molecule has 4 aliphatic rings. The van der Waals surface area contributed by atoms with Gasteiger partial charge in [-0.05, 0) is 66.5 Å². The minimum atomic E-state index is -0.294. The Kier molecular flexibility index (Phi) is 9.66. The van der Waals surface area contributed by atoms with Crippen LogP contribution in [0.2, 0.25) is 0 Å². The van der Waals surface area contributed by atoms with Crippen LogP contribution in [0, 0.1) is 10.8 Å². The molecule has 2 N–H and O–H groups in total. The van der Waals surface area contributed by atoms with E-state index in [4.69, 9.17) is 9.47 Å². The highest BCUT2D eigenvalue weighted by Gasteiger charge is 2.75. The van der Waals surface area contributed by atoms with Crippen LogP contribution in [0.5, 0.6) is 0 Å². The van der Waals surface area contributed by atoms with Gasteiger partial charge in [-0.3, -0.25) is 0 Å². The zero-order chi connectivity index (χ0) is 32.6. The van der Waals surface area contributed by atoms with E-state index in [1.807, 2.05) is 0 Å². The van der Waals surface area contributed by atoms with Crippen LogP contribution >= 0.6 is 0 Å². The summed E-state index contributed by atoms with van der Waals surface area (Å²) in [6.45, 7) is 21.4. The van der Waals surface area contributed by atoms with Gasteiger partial charge in [-0.1, -0.05) is 123 Å². The fourth-order valence-electron chi connectivity index (χ4n) is 7.99. The lowest BCUT2D eigenvalue weighted by molar-refractivity contribution is 0.0510. The molecule has 240 valence electrons. The van der Waals surface area contributed by atoms with Crippen LogP contribution < -0.4 is 0 Å². The van der Waals surface area contributed by atoms with E-state index >= 15 is 0 Å². The molecule has 2 aliphatic heterocycles. The molecule has 0 unspecified atom stereocenters. The zero-order valence-corrected chi connectivity index (χ0v) is 28.8. The molecule has 2 heterocycles. The van der Waals surface area contributed by atoms with E-state index in [2.05, 4.69) is 154 Å². The lowest BCUT2D eigenvalue weighted by Crippen LogP contribution is -2.46. The molecule has 4 nitrogen and oxygen atoms in total. The molecule has 0 aromatic rings. The zero-order valence-electron chi connectivity index (χ0n) is 28.8. The van der Waals surface area contributed by atoms with Gasteiger partial charge in [0.15, 0.2) is 0 Å². The van der Waals surface area contributed by atoms with Crippen molar-refractivity contribution < 1.29 is 19.7 Å². The molecule has 0 amide bonds. The second-order valence-electron chi connectivity index (χ2n) is 15.4. The second kappa shape index (κ2) is 12.4. The fourth-order valence-corrected chi connectivity index (χ4v) is 7.99. The lowest BCUT2D eigenvalue weighted by Gasteiger charge is -2.39. The molecule has 2 saturated carbocycles. The highest BCUT2D eigenvalue weighted by Crippen LogP contribution is 2.67. The van der Waals surface area contributed by atoms with Crippen molar-refractivity contribution in [2.24, 2.45) is 10.8 Å². The third-order valence-electron chi connectivity index (χ3n) is 10.4. The topological polar surface area (TPSA) is 65.5 Å². The van der Waals surface area contributed by atoms with Crippen LogP contribution in [0.25, 0.3) is 0 Å². The van der Waals surface area contributed by atoms with Crippen molar-refractivity contribution in [2.45, 2.75) is 130 Å². The maximum atomic E-state index is 10.3. The number of aliphatic hydroxyl groups excluding tert-OH is 2. The van der Waals surface area contributed by atoms with Gasteiger partial charge in [0, 0.05) is 23.7 Å². The number of fused-ring (bicyclic) bond motifs is 2. The Morgan fingerprint density at radius 3 is 1.16 bits per heavy atom. The van der Waals surface area contributed by atoms with E-state index in [1.54, 1.807) is 0 Å². The predicted molar refractivity (Wildman–Crippen MR) is 183 cm³/mol. The molecule has 44 heavy (non-hydrogen) atoms. The molecule has 0 aromatic carbocycles. The summed E-state index contributed by atoms with van der Waals surface area (Å²) < 4.78 is 12.5. The van der Waals surface area contributed by atoms with Crippen molar-refractivity contribution in [1.82, 2.24) is 0 Å². The Morgan fingerprint density at radius 1 is 0.500 bits per heavy atom. The Hall–Kier alpha value is -2.50. The second-order valence-corrected chi connectivity index (χ2v) is 15.4. The summed E-state index contributed by atoms with van der Waals surface area (Å²) >= 11 is 0.